The molecular weight excluding hydrogens is 412 g/mol. The Balaban J connectivity index is 2.18. The molecule has 0 aliphatic carbocycles. The van der Waals surface area contributed by atoms with Gasteiger partial charge in [0.05, 0.1) is 32.4 Å². The molecule has 8 heteroatoms. The van der Waals surface area contributed by atoms with E-state index in [9.17, 15) is 19.5 Å². The lowest BCUT2D eigenvalue weighted by molar-refractivity contribution is -0.305. The van der Waals surface area contributed by atoms with Crippen molar-refractivity contribution in [3.63, 3.8) is 0 Å². The number of carboxylic acid groups (broad SMARTS) is 1. The van der Waals surface area contributed by atoms with Crippen molar-refractivity contribution in [3.05, 3.63) is 65.9 Å². The van der Waals surface area contributed by atoms with Crippen molar-refractivity contribution < 1.29 is 29.0 Å². The van der Waals surface area contributed by atoms with E-state index in [2.05, 4.69) is 0 Å². The fraction of sp³-hybridized carbons (Fsp3) is 0.292. The van der Waals surface area contributed by atoms with Gasteiger partial charge in [-0.05, 0) is 36.2 Å². The Hall–Kier alpha value is -3.81. The Morgan fingerprint density at radius 3 is 2.25 bits per heavy atom. The maximum absolute atomic E-state index is 13.5. The van der Waals surface area contributed by atoms with E-state index in [1.165, 1.54) is 25.3 Å². The number of aliphatic carboxylic acids is 1. The van der Waals surface area contributed by atoms with Gasteiger partial charge in [0.1, 0.15) is 6.04 Å². The van der Waals surface area contributed by atoms with Gasteiger partial charge in [-0.3, -0.25) is 9.59 Å². The van der Waals surface area contributed by atoms with Crippen LogP contribution in [0.2, 0.25) is 0 Å². The zero-order chi connectivity index (χ0) is 23.4. The molecule has 1 unspecified atom stereocenters. The smallest absolute Gasteiger partial charge is 0.258 e. The van der Waals surface area contributed by atoms with E-state index < -0.39 is 24.5 Å². The van der Waals surface area contributed by atoms with Crippen LogP contribution in [-0.4, -0.2) is 54.4 Å². The van der Waals surface area contributed by atoms with Crippen molar-refractivity contribution in [1.82, 2.24) is 9.80 Å². The fourth-order valence-electron chi connectivity index (χ4n) is 3.72. The molecule has 0 N–H and O–H groups in total. The molecule has 1 atom stereocenters. The first-order valence-electron chi connectivity index (χ1n) is 10.1. The Bertz CT molecular complexity index is 1050. The van der Waals surface area contributed by atoms with Gasteiger partial charge in [-0.15, -0.1) is 0 Å². The average molecular weight is 437 g/mol. The minimum Gasteiger partial charge on any atom is -0.548 e. The van der Waals surface area contributed by atoms with Crippen LogP contribution in [0.4, 0.5) is 0 Å². The van der Waals surface area contributed by atoms with Crippen LogP contribution in [0.1, 0.15) is 29.8 Å². The third kappa shape index (κ3) is 4.44. The fourth-order valence-corrected chi connectivity index (χ4v) is 3.72. The van der Waals surface area contributed by atoms with Crippen molar-refractivity contribution in [2.45, 2.75) is 19.9 Å². The molecule has 0 radical (unpaired) electrons. The van der Waals surface area contributed by atoms with Gasteiger partial charge < -0.3 is 29.2 Å². The maximum atomic E-state index is 13.5. The van der Waals surface area contributed by atoms with Gasteiger partial charge >= 0.3 is 0 Å². The number of carbonyl (C=O) groups excluding carboxylic acids is 3. The molecule has 0 fully saturated rings. The van der Waals surface area contributed by atoms with Crippen LogP contribution >= 0.6 is 0 Å². The second-order valence-electron chi connectivity index (χ2n) is 7.65. The number of ether oxygens (including phenoxy) is 2. The first kappa shape index (κ1) is 22.9. The average Bonchev–Trinajstić information content (AvgIpc) is 2.79. The minimum atomic E-state index is -1.41. The van der Waals surface area contributed by atoms with Crippen molar-refractivity contribution in [2.24, 2.45) is 5.92 Å². The Labute approximate surface area is 186 Å². The number of methoxy groups -OCH3 is 2. The van der Waals surface area contributed by atoms with E-state index in [1.54, 1.807) is 62.4 Å². The number of carboxylic acids is 1. The van der Waals surface area contributed by atoms with E-state index in [0.29, 0.717) is 22.6 Å². The van der Waals surface area contributed by atoms with Crippen molar-refractivity contribution in [1.29, 1.82) is 0 Å². The van der Waals surface area contributed by atoms with E-state index in [4.69, 9.17) is 9.47 Å². The normalized spacial score (nSPS) is 16.1. The number of carbonyl (C=O) groups is 3. The highest BCUT2D eigenvalue weighted by atomic mass is 16.5. The van der Waals surface area contributed by atoms with Crippen molar-refractivity contribution in [3.8, 4) is 11.5 Å². The monoisotopic (exact) mass is 437 g/mol. The number of amides is 2. The summed E-state index contributed by atoms with van der Waals surface area (Å²) < 4.78 is 10.6. The highest BCUT2D eigenvalue weighted by Crippen LogP contribution is 2.35. The number of rotatable bonds is 7. The van der Waals surface area contributed by atoms with E-state index in [1.807, 2.05) is 0 Å². The van der Waals surface area contributed by atoms with Gasteiger partial charge in [-0.2, -0.15) is 0 Å². The summed E-state index contributed by atoms with van der Waals surface area (Å²) in [5, 5.41) is 11.5. The molecule has 2 amide bonds. The molecular formula is C24H25N2O6-. The number of hydrogen-bond donors (Lipinski definition) is 0. The van der Waals surface area contributed by atoms with Crippen molar-refractivity contribution in [2.75, 3.05) is 20.8 Å². The molecule has 8 nitrogen and oxygen atoms in total. The lowest BCUT2D eigenvalue weighted by atomic mass is 9.96. The van der Waals surface area contributed by atoms with Crippen LogP contribution in [0, 0.1) is 5.92 Å². The second-order valence-corrected chi connectivity index (χ2v) is 7.65. The molecule has 0 saturated carbocycles. The highest BCUT2D eigenvalue weighted by molar-refractivity contribution is 6.03. The van der Waals surface area contributed by atoms with Crippen LogP contribution in [0.15, 0.2) is 54.7 Å². The van der Waals surface area contributed by atoms with Gasteiger partial charge in [-0.25, -0.2) is 0 Å². The van der Waals surface area contributed by atoms with E-state index in [0.717, 1.165) is 4.90 Å². The minimum absolute atomic E-state index is 0.251. The lowest BCUT2D eigenvalue weighted by Gasteiger charge is -2.41. The predicted molar refractivity (Wildman–Crippen MR) is 115 cm³/mol. The molecule has 0 saturated heterocycles. The summed E-state index contributed by atoms with van der Waals surface area (Å²) in [5.41, 5.74) is 1.16. The van der Waals surface area contributed by atoms with Gasteiger partial charge in [0.15, 0.2) is 11.5 Å². The number of benzene rings is 2. The van der Waals surface area contributed by atoms with Crippen molar-refractivity contribution >= 4 is 23.5 Å². The van der Waals surface area contributed by atoms with E-state index in [-0.39, 0.29) is 17.5 Å². The molecule has 1 aliphatic rings. The highest BCUT2D eigenvalue weighted by Gasteiger charge is 2.40. The van der Waals surface area contributed by atoms with Gasteiger partial charge in [-0.1, -0.05) is 32.0 Å². The van der Waals surface area contributed by atoms with E-state index >= 15 is 0 Å². The second kappa shape index (κ2) is 9.55. The van der Waals surface area contributed by atoms with Crippen LogP contribution in [0.25, 0.3) is 5.70 Å². The Kier molecular flexibility index (Phi) is 6.82. The van der Waals surface area contributed by atoms with Gasteiger partial charge in [0.2, 0.25) is 0 Å². The van der Waals surface area contributed by atoms with Crippen LogP contribution in [0.5, 0.6) is 11.5 Å². The van der Waals surface area contributed by atoms with Crippen LogP contribution < -0.4 is 14.6 Å². The molecule has 32 heavy (non-hydrogen) atoms. The quantitative estimate of drug-likeness (QED) is 0.655. The molecule has 1 heterocycles. The standard InChI is InChI=1S/C24H26N2O6/c1-15(2)22-24(30)25(14-21(27)28)18(17-10-11-19(31-3)20(12-17)32-4)13-26(22)23(29)16-8-6-5-7-9-16/h5-13,15,22H,14H2,1-4H3,(H,27,28)/p-1. The van der Waals surface area contributed by atoms with Crippen LogP contribution in [-0.2, 0) is 9.59 Å². The summed E-state index contributed by atoms with van der Waals surface area (Å²) in [5.74, 6) is -1.65. The van der Waals surface area contributed by atoms with Gasteiger partial charge in [0, 0.05) is 17.3 Å². The molecule has 0 bridgehead atoms. The SMILES string of the molecule is COc1ccc(C2=CN(C(=O)c3ccccc3)C(C(C)C)C(=O)N2CC(=O)[O-])cc1OC. The first-order valence-corrected chi connectivity index (χ1v) is 10.1. The Morgan fingerprint density at radius 2 is 1.69 bits per heavy atom. The first-order chi connectivity index (χ1) is 15.3. The van der Waals surface area contributed by atoms with Crippen LogP contribution in [0.3, 0.4) is 0 Å². The van der Waals surface area contributed by atoms with Gasteiger partial charge in [0.25, 0.3) is 11.8 Å². The molecule has 2 aromatic rings. The summed E-state index contributed by atoms with van der Waals surface area (Å²) in [6, 6.07) is 12.7. The molecule has 1 aliphatic heterocycles. The summed E-state index contributed by atoms with van der Waals surface area (Å²) in [6.07, 6.45) is 1.52. The topological polar surface area (TPSA) is 99.2 Å². The summed E-state index contributed by atoms with van der Waals surface area (Å²) >= 11 is 0. The zero-order valence-electron chi connectivity index (χ0n) is 18.4. The summed E-state index contributed by atoms with van der Waals surface area (Å²) in [7, 11) is 2.97. The largest absolute Gasteiger partial charge is 0.548 e. The molecule has 2 aromatic carbocycles. The Morgan fingerprint density at radius 1 is 1.03 bits per heavy atom. The molecule has 3 rings (SSSR count). The third-order valence-corrected chi connectivity index (χ3v) is 5.22. The maximum Gasteiger partial charge on any atom is 0.258 e. The summed E-state index contributed by atoms with van der Waals surface area (Å²) in [4.78, 5) is 40.8. The number of nitrogens with zero attached hydrogens (tertiary/aromatic N) is 2. The predicted octanol–water partition coefficient (Wildman–Crippen LogP) is 1.76. The molecule has 0 aromatic heterocycles. The third-order valence-electron chi connectivity index (χ3n) is 5.22. The molecule has 0 spiro atoms. The zero-order valence-corrected chi connectivity index (χ0v) is 18.4. The number of hydrogen-bond acceptors (Lipinski definition) is 6. The molecule has 168 valence electrons. The lowest BCUT2D eigenvalue weighted by Crippen LogP contribution is -2.56. The summed E-state index contributed by atoms with van der Waals surface area (Å²) in [6.45, 7) is 2.97.